The summed E-state index contributed by atoms with van der Waals surface area (Å²) in [6.07, 6.45) is 1.83. The van der Waals surface area contributed by atoms with E-state index in [1.165, 1.54) is 4.88 Å². The molecule has 0 aliphatic rings. The molecule has 1 heterocycles. The number of benzene rings is 1. The van der Waals surface area contributed by atoms with Crippen LogP contribution in [0.15, 0.2) is 46.8 Å². The van der Waals surface area contributed by atoms with Gasteiger partial charge < -0.3 is 15.8 Å². The van der Waals surface area contributed by atoms with Gasteiger partial charge in [0.05, 0.1) is 6.61 Å². The summed E-state index contributed by atoms with van der Waals surface area (Å²) in [6, 6.07) is 12.2. The topological polar surface area (TPSA) is 59.6 Å². The first-order valence-corrected chi connectivity index (χ1v) is 8.38. The van der Waals surface area contributed by atoms with Crippen LogP contribution in [0.1, 0.15) is 16.9 Å². The van der Waals surface area contributed by atoms with Crippen LogP contribution >= 0.6 is 11.3 Å². The average molecular weight is 317 g/mol. The van der Waals surface area contributed by atoms with Gasteiger partial charge in [-0.05, 0) is 36.4 Å². The van der Waals surface area contributed by atoms with E-state index in [1.807, 2.05) is 31.2 Å². The lowest BCUT2D eigenvalue weighted by Gasteiger charge is -2.08. The Labute approximate surface area is 136 Å². The molecule has 0 saturated carbocycles. The Bertz CT molecular complexity index is 581. The number of hydrogen-bond donors (Lipinski definition) is 2. The fraction of sp³-hybridized carbons (Fsp3) is 0.353. The third-order valence-electron chi connectivity index (χ3n) is 3.19. The fourth-order valence-corrected chi connectivity index (χ4v) is 2.70. The van der Waals surface area contributed by atoms with Gasteiger partial charge in [-0.15, -0.1) is 11.3 Å². The molecule has 0 aliphatic heterocycles. The zero-order valence-electron chi connectivity index (χ0n) is 12.9. The summed E-state index contributed by atoms with van der Waals surface area (Å²) in [6.45, 7) is 4.18. The summed E-state index contributed by atoms with van der Waals surface area (Å²) in [5.74, 6) is 1.45. The number of thiophene rings is 1. The van der Waals surface area contributed by atoms with Gasteiger partial charge in [-0.1, -0.05) is 24.3 Å². The molecule has 1 aromatic heterocycles. The maximum absolute atomic E-state index is 5.83. The quantitative estimate of drug-likeness (QED) is 0.447. The van der Waals surface area contributed by atoms with Crippen LogP contribution in [0.4, 0.5) is 0 Å². The number of ether oxygens (including phenoxy) is 1. The molecule has 0 saturated heterocycles. The summed E-state index contributed by atoms with van der Waals surface area (Å²) in [5.41, 5.74) is 6.99. The van der Waals surface area contributed by atoms with Crippen molar-refractivity contribution in [3.8, 4) is 5.75 Å². The summed E-state index contributed by atoms with van der Waals surface area (Å²) in [5, 5.41) is 5.22. The van der Waals surface area contributed by atoms with Crippen LogP contribution in [0.5, 0.6) is 5.75 Å². The van der Waals surface area contributed by atoms with Crippen molar-refractivity contribution in [2.75, 3.05) is 19.7 Å². The van der Waals surface area contributed by atoms with Crippen molar-refractivity contribution in [1.29, 1.82) is 0 Å². The highest BCUT2D eigenvalue weighted by molar-refractivity contribution is 7.09. The maximum Gasteiger partial charge on any atom is 0.188 e. The summed E-state index contributed by atoms with van der Waals surface area (Å²) < 4.78 is 5.72. The Kier molecular flexibility index (Phi) is 6.77. The molecule has 5 heteroatoms. The number of rotatable bonds is 8. The van der Waals surface area contributed by atoms with E-state index in [-0.39, 0.29) is 0 Å². The normalized spacial score (nSPS) is 11.4. The van der Waals surface area contributed by atoms with Crippen LogP contribution in [0.2, 0.25) is 0 Å². The van der Waals surface area contributed by atoms with Crippen molar-refractivity contribution in [2.24, 2.45) is 10.7 Å². The number of para-hydroxylation sites is 1. The molecule has 22 heavy (non-hydrogen) atoms. The van der Waals surface area contributed by atoms with E-state index in [0.717, 1.165) is 30.7 Å². The molecule has 0 fully saturated rings. The van der Waals surface area contributed by atoms with Crippen LogP contribution in [0, 0.1) is 6.92 Å². The molecule has 1 aromatic carbocycles. The van der Waals surface area contributed by atoms with E-state index in [1.54, 1.807) is 11.3 Å². The van der Waals surface area contributed by atoms with Crippen molar-refractivity contribution in [3.05, 3.63) is 52.2 Å². The van der Waals surface area contributed by atoms with Crippen molar-refractivity contribution in [1.82, 2.24) is 5.32 Å². The molecule has 4 nitrogen and oxygen atoms in total. The van der Waals surface area contributed by atoms with E-state index in [0.29, 0.717) is 19.1 Å². The van der Waals surface area contributed by atoms with E-state index >= 15 is 0 Å². The molecular formula is C17H23N3OS. The first-order chi connectivity index (χ1) is 10.8. The summed E-state index contributed by atoms with van der Waals surface area (Å²) in [7, 11) is 0. The molecule has 0 bridgehead atoms. The second-order valence-electron chi connectivity index (χ2n) is 4.99. The standard InChI is InChI=1S/C17H23N3OS/c1-14-6-2-3-8-16(14)21-12-5-10-19-17(18)20-11-9-15-7-4-13-22-15/h2-4,6-8,13H,5,9-12H2,1H3,(H3,18,19,20). The van der Waals surface area contributed by atoms with E-state index < -0.39 is 0 Å². The SMILES string of the molecule is Cc1ccccc1OCCCN=C(N)NCCc1cccs1. The van der Waals surface area contributed by atoms with Gasteiger partial charge in [0.25, 0.3) is 0 Å². The number of nitrogens with zero attached hydrogens (tertiary/aromatic N) is 1. The minimum absolute atomic E-state index is 0.507. The second kappa shape index (κ2) is 9.10. The lowest BCUT2D eigenvalue weighted by Crippen LogP contribution is -2.33. The second-order valence-corrected chi connectivity index (χ2v) is 6.02. The molecule has 0 spiro atoms. The number of nitrogens with two attached hydrogens (primary N) is 1. The number of nitrogens with one attached hydrogen (secondary N) is 1. The smallest absolute Gasteiger partial charge is 0.188 e. The summed E-state index contributed by atoms with van der Waals surface area (Å²) >= 11 is 1.76. The Morgan fingerprint density at radius 2 is 2.14 bits per heavy atom. The van der Waals surface area contributed by atoms with Gasteiger partial charge in [0.1, 0.15) is 5.75 Å². The van der Waals surface area contributed by atoms with Crippen LogP contribution < -0.4 is 15.8 Å². The van der Waals surface area contributed by atoms with Crippen LogP contribution in [-0.2, 0) is 6.42 Å². The monoisotopic (exact) mass is 317 g/mol. The van der Waals surface area contributed by atoms with Crippen molar-refractivity contribution in [3.63, 3.8) is 0 Å². The van der Waals surface area contributed by atoms with Crippen LogP contribution in [0.3, 0.4) is 0 Å². The summed E-state index contributed by atoms with van der Waals surface area (Å²) in [4.78, 5) is 5.66. The Hall–Kier alpha value is -2.01. The van der Waals surface area contributed by atoms with Crippen molar-refractivity contribution < 1.29 is 4.74 Å². The highest BCUT2D eigenvalue weighted by atomic mass is 32.1. The number of guanidine groups is 1. The predicted molar refractivity (Wildman–Crippen MR) is 93.8 cm³/mol. The van der Waals surface area contributed by atoms with E-state index in [4.69, 9.17) is 10.5 Å². The number of aryl methyl sites for hydroxylation is 1. The molecule has 0 aliphatic carbocycles. The highest BCUT2D eigenvalue weighted by Gasteiger charge is 1.98. The molecule has 0 amide bonds. The first-order valence-electron chi connectivity index (χ1n) is 7.50. The lowest BCUT2D eigenvalue weighted by atomic mass is 10.2. The Morgan fingerprint density at radius 1 is 1.27 bits per heavy atom. The minimum atomic E-state index is 0.507. The highest BCUT2D eigenvalue weighted by Crippen LogP contribution is 2.16. The molecule has 2 aromatic rings. The molecule has 2 rings (SSSR count). The van der Waals surface area contributed by atoms with Crippen LogP contribution in [0.25, 0.3) is 0 Å². The van der Waals surface area contributed by atoms with Gasteiger partial charge >= 0.3 is 0 Å². The van der Waals surface area contributed by atoms with Crippen molar-refractivity contribution in [2.45, 2.75) is 19.8 Å². The van der Waals surface area contributed by atoms with Crippen molar-refractivity contribution >= 4 is 17.3 Å². The molecular weight excluding hydrogens is 294 g/mol. The van der Waals surface area contributed by atoms with Gasteiger partial charge in [-0.25, -0.2) is 0 Å². The minimum Gasteiger partial charge on any atom is -0.493 e. The lowest BCUT2D eigenvalue weighted by molar-refractivity contribution is 0.311. The zero-order chi connectivity index (χ0) is 15.6. The zero-order valence-corrected chi connectivity index (χ0v) is 13.7. The molecule has 0 unspecified atom stereocenters. The van der Waals surface area contributed by atoms with Gasteiger partial charge in [0, 0.05) is 24.4 Å². The van der Waals surface area contributed by atoms with Gasteiger partial charge in [0.2, 0.25) is 0 Å². The molecule has 118 valence electrons. The predicted octanol–water partition coefficient (Wildman–Crippen LogP) is 2.97. The van der Waals surface area contributed by atoms with E-state index in [2.05, 4.69) is 27.8 Å². The van der Waals surface area contributed by atoms with Gasteiger partial charge in [0.15, 0.2) is 5.96 Å². The Morgan fingerprint density at radius 3 is 2.91 bits per heavy atom. The first kappa shape index (κ1) is 16.4. The number of hydrogen-bond acceptors (Lipinski definition) is 3. The number of aliphatic imine (C=N–C) groups is 1. The molecule has 3 N–H and O–H groups in total. The third kappa shape index (κ3) is 5.77. The largest absolute Gasteiger partial charge is 0.493 e. The van der Waals surface area contributed by atoms with Crippen LogP contribution in [-0.4, -0.2) is 25.7 Å². The molecule has 0 radical (unpaired) electrons. The van der Waals surface area contributed by atoms with Gasteiger partial charge in [-0.2, -0.15) is 0 Å². The Balaban J connectivity index is 1.57. The maximum atomic E-state index is 5.83. The fourth-order valence-electron chi connectivity index (χ4n) is 1.99. The average Bonchev–Trinajstić information content (AvgIpc) is 3.02. The molecule has 0 atom stereocenters. The third-order valence-corrected chi connectivity index (χ3v) is 4.13. The van der Waals surface area contributed by atoms with Gasteiger partial charge in [-0.3, -0.25) is 4.99 Å². The van der Waals surface area contributed by atoms with E-state index in [9.17, 15) is 0 Å².